The van der Waals surface area contributed by atoms with Gasteiger partial charge in [0.25, 0.3) is 0 Å². The van der Waals surface area contributed by atoms with Gasteiger partial charge < -0.3 is 4.31 Å². The lowest BCUT2D eigenvalue weighted by Crippen LogP contribution is -2.05. The molecular weight excluding hydrogens is 110 g/mol. The SMILES string of the molecule is O=C1C=CN(S)C1. The van der Waals surface area contributed by atoms with Crippen LogP contribution in [-0.4, -0.2) is 16.6 Å². The fourth-order valence-electron chi connectivity index (χ4n) is 0.434. The molecule has 0 unspecified atom stereocenters. The van der Waals surface area contributed by atoms with E-state index < -0.39 is 0 Å². The minimum Gasteiger partial charge on any atom is -0.318 e. The monoisotopic (exact) mass is 115 g/mol. The number of hydrogen-bond acceptors (Lipinski definition) is 3. The number of rotatable bonds is 0. The van der Waals surface area contributed by atoms with Crippen LogP contribution in [0.1, 0.15) is 0 Å². The minimum atomic E-state index is 0.120. The highest BCUT2D eigenvalue weighted by atomic mass is 32.1. The Kier molecular flexibility index (Phi) is 1.06. The lowest BCUT2D eigenvalue weighted by Gasteiger charge is -1.99. The standard InChI is InChI=1S/C4H5NOS/c6-4-1-2-5(7)3-4/h1-2,7H,3H2. The van der Waals surface area contributed by atoms with Crippen LogP contribution in [0.15, 0.2) is 12.3 Å². The Morgan fingerprint density at radius 1 is 1.86 bits per heavy atom. The largest absolute Gasteiger partial charge is 0.318 e. The molecular formula is C4H5NOS. The molecule has 0 fully saturated rings. The highest BCUT2D eigenvalue weighted by Gasteiger charge is 2.05. The van der Waals surface area contributed by atoms with Crippen molar-refractivity contribution in [1.29, 1.82) is 0 Å². The zero-order valence-corrected chi connectivity index (χ0v) is 4.56. The van der Waals surface area contributed by atoms with Crippen molar-refractivity contribution in [3.05, 3.63) is 12.3 Å². The smallest absolute Gasteiger partial charge is 0.177 e. The van der Waals surface area contributed by atoms with Crippen LogP contribution in [-0.2, 0) is 4.79 Å². The van der Waals surface area contributed by atoms with E-state index in [1.807, 2.05) is 0 Å². The van der Waals surface area contributed by atoms with E-state index >= 15 is 0 Å². The van der Waals surface area contributed by atoms with Gasteiger partial charge in [-0.05, 0) is 6.08 Å². The van der Waals surface area contributed by atoms with E-state index in [1.165, 1.54) is 6.08 Å². The highest BCUT2D eigenvalue weighted by Crippen LogP contribution is 2.01. The Morgan fingerprint density at radius 3 is 2.71 bits per heavy atom. The molecule has 38 valence electrons. The molecule has 0 saturated carbocycles. The molecule has 0 atom stereocenters. The minimum absolute atomic E-state index is 0.120. The third kappa shape index (κ3) is 0.962. The van der Waals surface area contributed by atoms with Gasteiger partial charge in [-0.25, -0.2) is 0 Å². The molecule has 0 spiro atoms. The molecule has 0 N–H and O–H groups in total. The quantitative estimate of drug-likeness (QED) is 0.456. The topological polar surface area (TPSA) is 20.3 Å². The van der Waals surface area contributed by atoms with Crippen LogP contribution < -0.4 is 0 Å². The van der Waals surface area contributed by atoms with E-state index in [1.54, 1.807) is 10.5 Å². The van der Waals surface area contributed by atoms with Crippen LogP contribution in [0, 0.1) is 0 Å². The molecule has 7 heavy (non-hydrogen) atoms. The van der Waals surface area contributed by atoms with Gasteiger partial charge in [-0.1, -0.05) is 12.8 Å². The summed E-state index contributed by atoms with van der Waals surface area (Å²) >= 11 is 3.88. The van der Waals surface area contributed by atoms with Crippen molar-refractivity contribution >= 4 is 18.6 Å². The van der Waals surface area contributed by atoms with E-state index in [4.69, 9.17) is 0 Å². The van der Waals surface area contributed by atoms with Gasteiger partial charge in [0, 0.05) is 6.20 Å². The van der Waals surface area contributed by atoms with Crippen molar-refractivity contribution in [2.45, 2.75) is 0 Å². The van der Waals surface area contributed by atoms with Gasteiger partial charge in [0.15, 0.2) is 5.78 Å². The van der Waals surface area contributed by atoms with Gasteiger partial charge in [0.05, 0.1) is 6.54 Å². The van der Waals surface area contributed by atoms with Gasteiger partial charge in [0.1, 0.15) is 0 Å². The zero-order valence-electron chi connectivity index (χ0n) is 3.66. The predicted octanol–water partition coefficient (Wildman–Crippen LogP) is 0.230. The Balaban J connectivity index is 2.58. The lowest BCUT2D eigenvalue weighted by molar-refractivity contribution is -0.113. The molecule has 0 aromatic carbocycles. The average Bonchev–Trinajstić information content (AvgIpc) is 1.87. The first-order chi connectivity index (χ1) is 3.29. The number of carbonyl (C=O) groups is 1. The van der Waals surface area contributed by atoms with Gasteiger partial charge in [0.2, 0.25) is 0 Å². The first-order valence-corrected chi connectivity index (χ1v) is 2.35. The molecule has 1 rings (SSSR count). The highest BCUT2D eigenvalue weighted by molar-refractivity contribution is 7.77. The zero-order chi connectivity index (χ0) is 5.28. The number of nitrogens with zero attached hydrogens (tertiary/aromatic N) is 1. The summed E-state index contributed by atoms with van der Waals surface area (Å²) in [5, 5.41) is 0. The summed E-state index contributed by atoms with van der Waals surface area (Å²) in [5.41, 5.74) is 0. The summed E-state index contributed by atoms with van der Waals surface area (Å²) in [5.74, 6) is 0.120. The first-order valence-electron chi connectivity index (χ1n) is 1.95. The van der Waals surface area contributed by atoms with Crippen molar-refractivity contribution in [1.82, 2.24) is 4.31 Å². The van der Waals surface area contributed by atoms with E-state index in [-0.39, 0.29) is 5.78 Å². The predicted molar refractivity (Wildman–Crippen MR) is 29.8 cm³/mol. The molecule has 1 aliphatic rings. The second-order valence-electron chi connectivity index (χ2n) is 1.38. The maximum absolute atomic E-state index is 10.3. The Bertz CT molecular complexity index is 121. The molecule has 0 aromatic heterocycles. The molecule has 3 heteroatoms. The molecule has 0 amide bonds. The van der Waals surface area contributed by atoms with Crippen LogP contribution in [0.5, 0.6) is 0 Å². The van der Waals surface area contributed by atoms with E-state index in [9.17, 15) is 4.79 Å². The lowest BCUT2D eigenvalue weighted by atomic mass is 10.4. The molecule has 1 heterocycles. The Morgan fingerprint density at radius 2 is 2.57 bits per heavy atom. The fourth-order valence-corrected chi connectivity index (χ4v) is 0.640. The second-order valence-corrected chi connectivity index (χ2v) is 1.89. The molecule has 2 nitrogen and oxygen atoms in total. The molecule has 0 aliphatic carbocycles. The maximum atomic E-state index is 10.3. The molecule has 0 bridgehead atoms. The van der Waals surface area contributed by atoms with Gasteiger partial charge >= 0.3 is 0 Å². The third-order valence-electron chi connectivity index (χ3n) is 0.750. The summed E-state index contributed by atoms with van der Waals surface area (Å²) in [7, 11) is 0. The second kappa shape index (κ2) is 1.58. The molecule has 0 aromatic rings. The van der Waals surface area contributed by atoms with Crippen LogP contribution >= 0.6 is 12.8 Å². The average molecular weight is 115 g/mol. The molecule has 0 saturated heterocycles. The number of carbonyl (C=O) groups excluding carboxylic acids is 1. The van der Waals surface area contributed by atoms with E-state index in [2.05, 4.69) is 12.8 Å². The Labute approximate surface area is 47.4 Å². The summed E-state index contributed by atoms with van der Waals surface area (Å²) in [4.78, 5) is 10.3. The van der Waals surface area contributed by atoms with E-state index in [0.717, 1.165) is 0 Å². The van der Waals surface area contributed by atoms with Crippen LogP contribution in [0.4, 0.5) is 0 Å². The van der Waals surface area contributed by atoms with Gasteiger partial charge in [-0.2, -0.15) is 0 Å². The van der Waals surface area contributed by atoms with E-state index in [0.29, 0.717) is 6.54 Å². The number of hydrogen-bond donors (Lipinski definition) is 1. The van der Waals surface area contributed by atoms with Crippen molar-refractivity contribution in [2.24, 2.45) is 0 Å². The van der Waals surface area contributed by atoms with Crippen LogP contribution in [0.2, 0.25) is 0 Å². The van der Waals surface area contributed by atoms with Gasteiger partial charge in [-0.15, -0.1) is 0 Å². The van der Waals surface area contributed by atoms with Crippen molar-refractivity contribution in [3.8, 4) is 0 Å². The number of ketones is 1. The molecule has 1 aliphatic heterocycles. The summed E-state index contributed by atoms with van der Waals surface area (Å²) in [6.45, 7) is 0.420. The van der Waals surface area contributed by atoms with Crippen LogP contribution in [0.3, 0.4) is 0 Å². The normalized spacial score (nSPS) is 19.0. The molecule has 0 radical (unpaired) electrons. The summed E-state index contributed by atoms with van der Waals surface area (Å²) in [6, 6.07) is 0. The van der Waals surface area contributed by atoms with Crippen molar-refractivity contribution < 1.29 is 4.79 Å². The fraction of sp³-hybridized carbons (Fsp3) is 0.250. The Hall–Kier alpha value is -0.440. The van der Waals surface area contributed by atoms with Gasteiger partial charge in [-0.3, -0.25) is 4.79 Å². The van der Waals surface area contributed by atoms with Crippen molar-refractivity contribution in [2.75, 3.05) is 6.54 Å². The number of thiol groups is 1. The summed E-state index contributed by atoms with van der Waals surface area (Å²) in [6.07, 6.45) is 3.15. The summed E-state index contributed by atoms with van der Waals surface area (Å²) < 4.78 is 1.54. The van der Waals surface area contributed by atoms with Crippen LogP contribution in [0.25, 0.3) is 0 Å². The van der Waals surface area contributed by atoms with Crippen molar-refractivity contribution in [3.63, 3.8) is 0 Å². The third-order valence-corrected chi connectivity index (χ3v) is 1.03. The first kappa shape index (κ1) is 4.71. The maximum Gasteiger partial charge on any atom is 0.177 e.